The zero-order valence-electron chi connectivity index (χ0n) is 15.7. The molecular formula is C19H20ClF3N4O2. The quantitative estimate of drug-likeness (QED) is 0.638. The summed E-state index contributed by atoms with van der Waals surface area (Å²) in [6.07, 6.45) is -3.90. The van der Waals surface area contributed by atoms with Gasteiger partial charge in [0.25, 0.3) is 11.6 Å². The number of hydrogen-bond donors (Lipinski definition) is 2. The average molecular weight is 429 g/mol. The Bertz CT molecular complexity index is 1020. The minimum absolute atomic E-state index is 0. The molecule has 0 saturated heterocycles. The van der Waals surface area contributed by atoms with E-state index in [1.54, 1.807) is 6.92 Å². The minimum Gasteiger partial charge on any atom is -0.352 e. The molecule has 0 aliphatic carbocycles. The van der Waals surface area contributed by atoms with Gasteiger partial charge in [0.1, 0.15) is 0 Å². The summed E-state index contributed by atoms with van der Waals surface area (Å²) in [4.78, 5) is 16.9. The van der Waals surface area contributed by atoms with E-state index in [4.69, 9.17) is 10.3 Å². The van der Waals surface area contributed by atoms with Crippen molar-refractivity contribution in [2.45, 2.75) is 32.5 Å². The maximum Gasteiger partial charge on any atom is 0.416 e. The number of nitrogens with two attached hydrogens (primary N) is 1. The Labute approximate surface area is 171 Å². The van der Waals surface area contributed by atoms with Gasteiger partial charge < -0.3 is 15.6 Å². The van der Waals surface area contributed by atoms with Crippen LogP contribution in [0.2, 0.25) is 0 Å². The van der Waals surface area contributed by atoms with Crippen molar-refractivity contribution >= 4 is 29.4 Å². The smallest absolute Gasteiger partial charge is 0.352 e. The highest BCUT2D eigenvalue weighted by Crippen LogP contribution is 2.33. The van der Waals surface area contributed by atoms with Gasteiger partial charge in [-0.25, -0.2) is 4.98 Å². The van der Waals surface area contributed by atoms with Crippen molar-refractivity contribution in [3.05, 3.63) is 47.2 Å². The van der Waals surface area contributed by atoms with E-state index in [9.17, 15) is 18.0 Å². The van der Waals surface area contributed by atoms with Crippen molar-refractivity contribution in [2.75, 3.05) is 6.54 Å². The molecule has 0 bridgehead atoms. The molecule has 0 aliphatic rings. The van der Waals surface area contributed by atoms with E-state index in [-0.39, 0.29) is 41.0 Å². The molecule has 2 heterocycles. The fourth-order valence-corrected chi connectivity index (χ4v) is 2.79. The number of nitrogens with zero attached hydrogens (tertiary/aromatic N) is 2. The molecule has 0 saturated carbocycles. The predicted octanol–water partition coefficient (Wildman–Crippen LogP) is 4.11. The molecular weight excluding hydrogens is 409 g/mol. The number of pyridine rings is 1. The topological polar surface area (TPSA) is 94.0 Å². The molecule has 1 aromatic carbocycles. The number of halogens is 4. The van der Waals surface area contributed by atoms with Crippen LogP contribution in [0.1, 0.15) is 35.0 Å². The minimum atomic E-state index is -4.48. The lowest BCUT2D eigenvalue weighted by Gasteiger charge is -2.11. The Morgan fingerprint density at radius 3 is 2.69 bits per heavy atom. The van der Waals surface area contributed by atoms with Gasteiger partial charge in [0.2, 0.25) is 0 Å². The van der Waals surface area contributed by atoms with Crippen LogP contribution in [0.15, 0.2) is 34.9 Å². The van der Waals surface area contributed by atoms with E-state index in [1.165, 1.54) is 18.2 Å². The fraction of sp³-hybridized carbons (Fsp3) is 0.316. The third-order valence-corrected chi connectivity index (χ3v) is 4.23. The SMILES string of the molecule is Cc1noc2nc(-c3cccc(C(F)(F)F)c3)cc(C(=O)NCCC(C)N)c12.Cl. The van der Waals surface area contributed by atoms with Crippen molar-refractivity contribution in [2.24, 2.45) is 5.73 Å². The highest BCUT2D eigenvalue weighted by atomic mass is 35.5. The number of amides is 1. The van der Waals surface area contributed by atoms with Crippen LogP contribution in [0, 0.1) is 6.92 Å². The lowest BCUT2D eigenvalue weighted by molar-refractivity contribution is -0.137. The maximum atomic E-state index is 13.0. The molecule has 3 aromatic rings. The predicted molar refractivity (Wildman–Crippen MR) is 105 cm³/mol. The summed E-state index contributed by atoms with van der Waals surface area (Å²) in [5, 5.41) is 7.00. The average Bonchev–Trinajstić information content (AvgIpc) is 3.01. The molecule has 10 heteroatoms. The molecule has 0 spiro atoms. The maximum absolute atomic E-state index is 13.0. The molecule has 1 atom stereocenters. The zero-order chi connectivity index (χ0) is 20.5. The number of carbonyl (C=O) groups excluding carboxylic acids is 1. The summed E-state index contributed by atoms with van der Waals surface area (Å²) in [6, 6.07) is 6.11. The van der Waals surface area contributed by atoms with Crippen molar-refractivity contribution in [3.63, 3.8) is 0 Å². The summed E-state index contributed by atoms with van der Waals surface area (Å²) < 4.78 is 44.2. The second kappa shape index (κ2) is 8.79. The second-order valence-corrected chi connectivity index (χ2v) is 6.60. The van der Waals surface area contributed by atoms with Gasteiger partial charge >= 0.3 is 6.18 Å². The van der Waals surface area contributed by atoms with Crippen LogP contribution in [0.5, 0.6) is 0 Å². The Hall–Kier alpha value is -2.65. The molecule has 3 N–H and O–H groups in total. The Balaban J connectivity index is 0.00000300. The van der Waals surface area contributed by atoms with Crippen LogP contribution in [-0.4, -0.2) is 28.6 Å². The van der Waals surface area contributed by atoms with Crippen LogP contribution in [0.4, 0.5) is 13.2 Å². The fourth-order valence-electron chi connectivity index (χ4n) is 2.79. The van der Waals surface area contributed by atoms with Gasteiger partial charge in [-0.2, -0.15) is 13.2 Å². The van der Waals surface area contributed by atoms with Gasteiger partial charge in [0.15, 0.2) is 0 Å². The molecule has 1 unspecified atom stereocenters. The van der Waals surface area contributed by atoms with Crippen LogP contribution in [0.3, 0.4) is 0 Å². The van der Waals surface area contributed by atoms with Gasteiger partial charge in [-0.1, -0.05) is 17.3 Å². The van der Waals surface area contributed by atoms with Crippen molar-refractivity contribution < 1.29 is 22.5 Å². The Kier molecular flexibility index (Phi) is 6.86. The Morgan fingerprint density at radius 2 is 2.03 bits per heavy atom. The molecule has 0 radical (unpaired) electrons. The van der Waals surface area contributed by atoms with E-state index in [2.05, 4.69) is 15.5 Å². The first-order valence-electron chi connectivity index (χ1n) is 8.65. The van der Waals surface area contributed by atoms with E-state index in [0.717, 1.165) is 12.1 Å². The summed E-state index contributed by atoms with van der Waals surface area (Å²) in [7, 11) is 0. The van der Waals surface area contributed by atoms with Crippen LogP contribution < -0.4 is 11.1 Å². The van der Waals surface area contributed by atoms with Crippen LogP contribution in [-0.2, 0) is 6.18 Å². The number of fused-ring (bicyclic) bond motifs is 1. The van der Waals surface area contributed by atoms with Gasteiger partial charge in [0, 0.05) is 18.2 Å². The van der Waals surface area contributed by atoms with Gasteiger partial charge in [-0.15, -0.1) is 12.4 Å². The standard InChI is InChI=1S/C19H19F3N4O2.ClH/c1-10(23)6-7-24-17(27)14-9-15(25-18-16(14)11(2)26-28-18)12-4-3-5-13(8-12)19(20,21)22;/h3-5,8-10H,6-7,23H2,1-2H3,(H,24,27);1H. The summed E-state index contributed by atoms with van der Waals surface area (Å²) in [5.74, 6) is -0.396. The lowest BCUT2D eigenvalue weighted by atomic mass is 10.0. The first-order valence-corrected chi connectivity index (χ1v) is 8.65. The zero-order valence-corrected chi connectivity index (χ0v) is 16.5. The van der Waals surface area contributed by atoms with Crippen LogP contribution in [0.25, 0.3) is 22.4 Å². The number of benzene rings is 1. The number of nitrogens with one attached hydrogen (secondary N) is 1. The number of aryl methyl sites for hydroxylation is 1. The third-order valence-electron chi connectivity index (χ3n) is 4.23. The monoisotopic (exact) mass is 428 g/mol. The van der Waals surface area contributed by atoms with Gasteiger partial charge in [-0.05, 0) is 38.5 Å². The van der Waals surface area contributed by atoms with E-state index in [1.807, 2.05) is 6.92 Å². The normalized spacial score (nSPS) is 12.5. The van der Waals surface area contributed by atoms with Crippen molar-refractivity contribution in [1.29, 1.82) is 0 Å². The van der Waals surface area contributed by atoms with E-state index in [0.29, 0.717) is 24.0 Å². The lowest BCUT2D eigenvalue weighted by Crippen LogP contribution is -2.29. The molecule has 6 nitrogen and oxygen atoms in total. The summed E-state index contributed by atoms with van der Waals surface area (Å²) >= 11 is 0. The summed E-state index contributed by atoms with van der Waals surface area (Å²) in [6.45, 7) is 3.85. The molecule has 0 aliphatic heterocycles. The van der Waals surface area contributed by atoms with Crippen molar-refractivity contribution in [3.8, 4) is 11.3 Å². The molecule has 3 rings (SSSR count). The second-order valence-electron chi connectivity index (χ2n) is 6.60. The number of aromatic nitrogens is 2. The van der Waals surface area contributed by atoms with Gasteiger partial charge in [-0.3, -0.25) is 4.79 Å². The first kappa shape index (κ1) is 22.6. The summed E-state index contributed by atoms with van der Waals surface area (Å²) in [5.41, 5.74) is 6.08. The van der Waals surface area contributed by atoms with E-state index < -0.39 is 17.6 Å². The first-order chi connectivity index (χ1) is 13.2. The molecule has 156 valence electrons. The van der Waals surface area contributed by atoms with E-state index >= 15 is 0 Å². The number of alkyl halides is 3. The Morgan fingerprint density at radius 1 is 1.31 bits per heavy atom. The molecule has 29 heavy (non-hydrogen) atoms. The molecule has 1 amide bonds. The van der Waals surface area contributed by atoms with Crippen LogP contribution >= 0.6 is 12.4 Å². The number of hydrogen-bond acceptors (Lipinski definition) is 5. The number of carbonyl (C=O) groups is 1. The highest BCUT2D eigenvalue weighted by Gasteiger charge is 2.30. The van der Waals surface area contributed by atoms with Gasteiger partial charge in [0.05, 0.1) is 27.9 Å². The van der Waals surface area contributed by atoms with Crippen molar-refractivity contribution in [1.82, 2.24) is 15.5 Å². The largest absolute Gasteiger partial charge is 0.416 e. The highest BCUT2D eigenvalue weighted by molar-refractivity contribution is 6.07. The molecule has 0 fully saturated rings. The molecule has 2 aromatic heterocycles. The number of rotatable bonds is 5. The third kappa shape index (κ3) is 5.04.